The van der Waals surface area contributed by atoms with Gasteiger partial charge < -0.3 is 19.3 Å². The number of hydrogen-bond donors (Lipinski definition) is 0. The molecule has 0 saturated carbocycles. The van der Waals surface area contributed by atoms with Crippen molar-refractivity contribution in [3.05, 3.63) is 29.8 Å². The van der Waals surface area contributed by atoms with Gasteiger partial charge in [0.2, 0.25) is 0 Å². The van der Waals surface area contributed by atoms with Crippen LogP contribution in [-0.4, -0.2) is 60.3 Å². The highest BCUT2D eigenvalue weighted by atomic mass is 32.1. The molecule has 0 spiro atoms. The number of rotatable bonds is 3. The normalized spacial score (nSPS) is 17.2. The lowest BCUT2D eigenvalue weighted by molar-refractivity contribution is 0.0218. The van der Waals surface area contributed by atoms with Crippen LogP contribution in [0.15, 0.2) is 18.7 Å². The van der Waals surface area contributed by atoms with Crippen LogP contribution in [0.25, 0.3) is 15.8 Å². The monoisotopic (exact) mass is 431 g/mol. The number of thiazole rings is 1. The molecular weight excluding hydrogens is 402 g/mol. The van der Waals surface area contributed by atoms with Crippen molar-refractivity contribution in [2.75, 3.05) is 31.6 Å². The Kier molecular flexibility index (Phi) is 6.08. The van der Waals surface area contributed by atoms with Crippen molar-refractivity contribution in [1.82, 2.24) is 9.88 Å². The van der Waals surface area contributed by atoms with E-state index in [4.69, 9.17) is 14.5 Å². The number of methoxy groups -OCH3 is 1. The highest BCUT2D eigenvalue weighted by molar-refractivity contribution is 7.22. The number of hydrogen-bond acceptors (Lipinski definition) is 7. The number of carbonyl (C=O) groups excluding carboxylic acids is 2. The molecule has 2 aromatic rings. The Morgan fingerprint density at radius 1 is 1.27 bits per heavy atom. The number of carbonyl (C=O) groups is 2. The summed E-state index contributed by atoms with van der Waals surface area (Å²) >= 11 is 1.53. The zero-order valence-corrected chi connectivity index (χ0v) is 19.3. The fraction of sp³-hybridized carbons (Fsp3) is 0.500. The van der Waals surface area contributed by atoms with Crippen molar-refractivity contribution >= 4 is 44.3 Å². The van der Waals surface area contributed by atoms with Crippen molar-refractivity contribution < 1.29 is 19.1 Å². The van der Waals surface area contributed by atoms with E-state index in [9.17, 15) is 9.59 Å². The molecule has 1 fully saturated rings. The smallest absolute Gasteiger partial charge is 0.410 e. The number of ether oxygens (including phenoxy) is 2. The molecule has 162 valence electrons. The van der Waals surface area contributed by atoms with Crippen molar-refractivity contribution in [1.29, 1.82) is 0 Å². The predicted molar refractivity (Wildman–Crippen MR) is 120 cm³/mol. The van der Waals surface area contributed by atoms with Crippen LogP contribution in [0, 0.1) is 0 Å². The molecule has 0 N–H and O–H groups in total. The third kappa shape index (κ3) is 4.59. The van der Waals surface area contributed by atoms with E-state index >= 15 is 0 Å². The van der Waals surface area contributed by atoms with Crippen LogP contribution in [0.5, 0.6) is 0 Å². The Morgan fingerprint density at radius 2 is 1.97 bits per heavy atom. The minimum Gasteiger partial charge on any atom is -0.465 e. The number of benzene rings is 1. The van der Waals surface area contributed by atoms with Gasteiger partial charge in [0.15, 0.2) is 5.13 Å². The summed E-state index contributed by atoms with van der Waals surface area (Å²) in [7, 11) is 1.37. The lowest BCUT2D eigenvalue weighted by Gasteiger charge is -2.40. The van der Waals surface area contributed by atoms with E-state index in [1.165, 1.54) is 18.4 Å². The molecule has 1 aliphatic heterocycles. The van der Waals surface area contributed by atoms with Gasteiger partial charge in [0.05, 0.1) is 22.9 Å². The fourth-order valence-corrected chi connectivity index (χ4v) is 4.60. The van der Waals surface area contributed by atoms with Gasteiger partial charge >= 0.3 is 12.1 Å². The van der Waals surface area contributed by atoms with E-state index in [0.717, 1.165) is 26.5 Å². The molecule has 1 unspecified atom stereocenters. The SMILES string of the molecule is C=C(C)c1cc(C(=O)OC)cc2sc(N3CCN(C(=O)OC(C)(C)C)CC3C)nc12. The molecule has 1 aromatic carbocycles. The van der Waals surface area contributed by atoms with Gasteiger partial charge in [0, 0.05) is 31.2 Å². The summed E-state index contributed by atoms with van der Waals surface area (Å²) in [5.41, 5.74) is 2.49. The number of anilines is 1. The summed E-state index contributed by atoms with van der Waals surface area (Å²) in [5, 5.41) is 0.867. The third-order valence-electron chi connectivity index (χ3n) is 4.89. The van der Waals surface area contributed by atoms with Gasteiger partial charge in [-0.15, -0.1) is 0 Å². The minimum atomic E-state index is -0.513. The fourth-order valence-electron chi connectivity index (χ4n) is 3.44. The standard InChI is InChI=1S/C22H29N3O4S/c1-13(2)16-10-15(19(26)28-7)11-17-18(16)23-20(30-17)25-9-8-24(12-14(25)3)21(27)29-22(4,5)6/h10-11,14H,1,8-9,12H2,2-7H3. The van der Waals surface area contributed by atoms with Crippen molar-refractivity contribution in [2.45, 2.75) is 46.3 Å². The van der Waals surface area contributed by atoms with Crippen LogP contribution in [0.2, 0.25) is 0 Å². The number of esters is 1. The van der Waals surface area contributed by atoms with Crippen LogP contribution in [0.1, 0.15) is 50.5 Å². The molecular formula is C22H29N3O4S. The van der Waals surface area contributed by atoms with Gasteiger partial charge in [-0.1, -0.05) is 17.9 Å². The summed E-state index contributed by atoms with van der Waals surface area (Å²) in [4.78, 5) is 33.3. The lowest BCUT2D eigenvalue weighted by atomic mass is 10.0. The van der Waals surface area contributed by atoms with E-state index in [1.54, 1.807) is 11.0 Å². The summed E-state index contributed by atoms with van der Waals surface area (Å²) in [5.74, 6) is -0.381. The topological polar surface area (TPSA) is 72.0 Å². The van der Waals surface area contributed by atoms with Gasteiger partial charge in [-0.2, -0.15) is 0 Å². The first-order chi connectivity index (χ1) is 14.0. The quantitative estimate of drug-likeness (QED) is 0.664. The first-order valence-corrected chi connectivity index (χ1v) is 10.7. The number of amides is 1. The van der Waals surface area contributed by atoms with E-state index in [0.29, 0.717) is 25.2 Å². The molecule has 1 atom stereocenters. The third-order valence-corrected chi connectivity index (χ3v) is 5.93. The van der Waals surface area contributed by atoms with E-state index < -0.39 is 5.60 Å². The molecule has 0 radical (unpaired) electrons. The summed E-state index contributed by atoms with van der Waals surface area (Å²) < 4.78 is 11.3. The van der Waals surface area contributed by atoms with Crippen LogP contribution < -0.4 is 4.90 Å². The lowest BCUT2D eigenvalue weighted by Crippen LogP contribution is -2.54. The second-order valence-electron chi connectivity index (χ2n) is 8.61. The largest absolute Gasteiger partial charge is 0.465 e. The zero-order valence-electron chi connectivity index (χ0n) is 18.4. The first kappa shape index (κ1) is 22.1. The molecule has 1 amide bonds. The van der Waals surface area contributed by atoms with Crippen molar-refractivity contribution in [2.24, 2.45) is 0 Å². The van der Waals surface area contributed by atoms with Crippen molar-refractivity contribution in [3.8, 4) is 0 Å². The van der Waals surface area contributed by atoms with Gasteiger partial charge in [-0.3, -0.25) is 0 Å². The minimum absolute atomic E-state index is 0.0835. The average molecular weight is 432 g/mol. The highest BCUT2D eigenvalue weighted by Crippen LogP contribution is 2.35. The highest BCUT2D eigenvalue weighted by Gasteiger charge is 2.31. The molecule has 1 aliphatic rings. The molecule has 7 nitrogen and oxygen atoms in total. The van der Waals surface area contributed by atoms with E-state index in [2.05, 4.69) is 18.4 Å². The maximum absolute atomic E-state index is 12.4. The summed E-state index contributed by atoms with van der Waals surface area (Å²) in [6.07, 6.45) is -0.286. The molecule has 0 aliphatic carbocycles. The molecule has 1 saturated heterocycles. The number of piperazine rings is 1. The average Bonchev–Trinajstić information content (AvgIpc) is 3.08. The van der Waals surface area contributed by atoms with Crippen LogP contribution in [-0.2, 0) is 9.47 Å². The molecule has 0 bridgehead atoms. The zero-order chi connectivity index (χ0) is 22.2. The Balaban J connectivity index is 1.87. The maximum atomic E-state index is 12.4. The van der Waals surface area contributed by atoms with E-state index in [-0.39, 0.29) is 18.1 Å². The second kappa shape index (κ2) is 8.26. The number of allylic oxidation sites excluding steroid dienone is 1. The van der Waals surface area contributed by atoms with Gasteiger partial charge in [0.1, 0.15) is 5.60 Å². The van der Waals surface area contributed by atoms with Crippen molar-refractivity contribution in [3.63, 3.8) is 0 Å². The Morgan fingerprint density at radius 3 is 2.53 bits per heavy atom. The number of nitrogens with zero attached hydrogens (tertiary/aromatic N) is 3. The van der Waals surface area contributed by atoms with Gasteiger partial charge in [0.25, 0.3) is 0 Å². The number of aromatic nitrogens is 1. The Hall–Kier alpha value is -2.61. The van der Waals surface area contributed by atoms with Crippen LogP contribution in [0.4, 0.5) is 9.93 Å². The summed E-state index contributed by atoms with van der Waals surface area (Å²) in [6, 6.07) is 3.68. The first-order valence-electron chi connectivity index (χ1n) is 9.93. The molecule has 8 heteroatoms. The second-order valence-corrected chi connectivity index (χ2v) is 9.62. The van der Waals surface area contributed by atoms with Gasteiger partial charge in [-0.05, 0) is 52.3 Å². The predicted octanol–water partition coefficient (Wildman–Crippen LogP) is 4.56. The summed E-state index contributed by atoms with van der Waals surface area (Å²) in [6.45, 7) is 15.4. The van der Waals surface area contributed by atoms with Crippen LogP contribution >= 0.6 is 11.3 Å². The maximum Gasteiger partial charge on any atom is 0.410 e. The Bertz CT molecular complexity index is 992. The van der Waals surface area contributed by atoms with Gasteiger partial charge in [-0.25, -0.2) is 14.6 Å². The molecule has 2 heterocycles. The number of fused-ring (bicyclic) bond motifs is 1. The Labute approximate surface area is 181 Å². The molecule has 30 heavy (non-hydrogen) atoms. The van der Waals surface area contributed by atoms with Crippen LogP contribution in [0.3, 0.4) is 0 Å². The van der Waals surface area contributed by atoms with E-state index in [1.807, 2.05) is 33.8 Å². The molecule has 1 aromatic heterocycles. The molecule has 3 rings (SSSR count).